The molecule has 22 heteroatoms. The van der Waals surface area contributed by atoms with E-state index in [9.17, 15) is 53.1 Å². The number of ketones is 4. The number of anilines is 1. The molecule has 22 nitrogen and oxygen atoms in total. The van der Waals surface area contributed by atoms with Crippen molar-refractivity contribution in [3.63, 3.8) is 0 Å². The van der Waals surface area contributed by atoms with Crippen molar-refractivity contribution in [2.75, 3.05) is 53.3 Å². The smallest absolute Gasteiger partial charge is 0.410 e. The highest BCUT2D eigenvalue weighted by molar-refractivity contribution is 5.97. The van der Waals surface area contributed by atoms with Crippen molar-refractivity contribution >= 4 is 64.6 Å². The van der Waals surface area contributed by atoms with Gasteiger partial charge in [0.05, 0.1) is 55.4 Å². The van der Waals surface area contributed by atoms with E-state index < -0.39 is 72.2 Å². The predicted molar refractivity (Wildman–Crippen MR) is 350 cm³/mol. The number of carbonyl (C=O) groups is 10. The second-order valence-corrected chi connectivity index (χ2v) is 26.0. The number of nitrogens with zero attached hydrogens (tertiary/aromatic N) is 3. The quantitative estimate of drug-likeness (QED) is 0.0340. The molecule has 2 unspecified atom stereocenters. The van der Waals surface area contributed by atoms with E-state index in [1.165, 1.54) is 19.1 Å². The molecule has 0 saturated carbocycles. The third-order valence-corrected chi connectivity index (χ3v) is 18.1. The molecule has 0 aromatic heterocycles. The van der Waals surface area contributed by atoms with Crippen LogP contribution in [0.1, 0.15) is 176 Å². The summed E-state index contributed by atoms with van der Waals surface area (Å²) in [7, 11) is 6.25. The van der Waals surface area contributed by atoms with Crippen molar-refractivity contribution in [2.24, 2.45) is 58.8 Å². The fourth-order valence-corrected chi connectivity index (χ4v) is 12.5. The van der Waals surface area contributed by atoms with Gasteiger partial charge < -0.3 is 61.4 Å². The van der Waals surface area contributed by atoms with E-state index in [0.717, 1.165) is 5.56 Å². The number of ether oxygens (including phenoxy) is 3. The normalized spacial score (nSPS) is 16.9. The molecule has 1 aliphatic rings. The van der Waals surface area contributed by atoms with E-state index in [4.69, 9.17) is 25.7 Å². The fraction of sp³-hybridized carbons (Fsp3) is 0.681. The Hall–Kier alpha value is -6.62. The number of hydrogen-bond donors (Lipinski definition) is 6. The number of rotatable bonds is 42. The summed E-state index contributed by atoms with van der Waals surface area (Å²) in [6.45, 7) is 19.1. The fourth-order valence-electron chi connectivity index (χ4n) is 12.5. The Bertz CT molecular complexity index is 2660. The van der Waals surface area contributed by atoms with E-state index in [2.05, 4.69) is 16.0 Å². The van der Waals surface area contributed by atoms with E-state index >= 15 is 0 Å². The molecule has 2 aromatic rings. The van der Waals surface area contributed by atoms with Gasteiger partial charge in [0.1, 0.15) is 18.2 Å². The minimum absolute atomic E-state index is 0.0194. The molecule has 0 spiro atoms. The second-order valence-electron chi connectivity index (χ2n) is 26.0. The van der Waals surface area contributed by atoms with Crippen LogP contribution in [0.5, 0.6) is 0 Å². The van der Waals surface area contributed by atoms with Gasteiger partial charge in [0, 0.05) is 96.9 Å². The first-order valence-electron chi connectivity index (χ1n) is 32.8. The number of likely N-dealkylation sites (tertiary alicyclic amines) is 1. The minimum atomic E-state index is -0.958. The lowest BCUT2D eigenvalue weighted by Gasteiger charge is -2.41. The lowest BCUT2D eigenvalue weighted by atomic mass is 9.83. The number of benzene rings is 2. The van der Waals surface area contributed by atoms with Crippen LogP contribution in [-0.4, -0.2) is 163 Å². The third-order valence-electron chi connectivity index (χ3n) is 18.1. The molecular formula is C69H110N8O14. The molecule has 12 atom stereocenters. The Kier molecular flexibility index (Phi) is 34.3. The van der Waals surface area contributed by atoms with E-state index in [1.54, 1.807) is 62.1 Å². The maximum atomic E-state index is 14.9. The van der Waals surface area contributed by atoms with Crippen LogP contribution in [0.4, 0.5) is 15.3 Å². The Labute approximate surface area is 541 Å². The first kappa shape index (κ1) is 78.6. The number of urea groups is 1. The van der Waals surface area contributed by atoms with E-state index in [1.807, 2.05) is 85.7 Å². The highest BCUT2D eigenvalue weighted by atomic mass is 16.6. The molecule has 510 valence electrons. The van der Waals surface area contributed by atoms with Crippen LogP contribution in [0.15, 0.2) is 54.6 Å². The standard InChI is InChI=1S/C69H110N8O14/c1-15-45(8)63(58(89-13)39-60(83)77-35-23-28-54(77)65(90-14)47(10)55(79)36-46(9)64(84)49-24-18-16-19-25-49)75(11)67(86)53(42(2)3)38-57(81)62(44(6)7)76(12)69(88)91-41-48-30-32-51(33-31-48)73-66(85)50(26-22-34-72-68(71)87)37-56(80)61(43(4)5)74-59(82)29-21-17-20-27-52(78)40-70/h16,18-19,24-25,30-33,42-47,50,53-54,58,61-65,84H,15,17,20-23,26-29,34-41,70H2,1-14H3,(H,73,85)(H,74,82)(H3,71,72,87)/t45-,46-,47-,50-,53+,54-,58+,61?,62?,63-,64+,65+/m0/s1. The monoisotopic (exact) mass is 1270 g/mol. The summed E-state index contributed by atoms with van der Waals surface area (Å²) in [6.07, 6.45) is 1.67. The van der Waals surface area contributed by atoms with Gasteiger partial charge in [-0.2, -0.15) is 0 Å². The molecule has 7 amide bonds. The van der Waals surface area contributed by atoms with Gasteiger partial charge >= 0.3 is 12.1 Å². The predicted octanol–water partition coefficient (Wildman–Crippen LogP) is 8.34. The lowest BCUT2D eigenvalue weighted by molar-refractivity contribution is -0.149. The van der Waals surface area contributed by atoms with Crippen LogP contribution in [0.2, 0.25) is 0 Å². The van der Waals surface area contributed by atoms with Gasteiger partial charge in [-0.25, -0.2) is 9.59 Å². The molecule has 0 aliphatic carbocycles. The van der Waals surface area contributed by atoms with Crippen molar-refractivity contribution < 1.29 is 67.3 Å². The largest absolute Gasteiger partial charge is 0.445 e. The van der Waals surface area contributed by atoms with Gasteiger partial charge in [-0.05, 0) is 91.4 Å². The molecule has 1 saturated heterocycles. The van der Waals surface area contributed by atoms with Crippen molar-refractivity contribution in [3.05, 3.63) is 65.7 Å². The van der Waals surface area contributed by atoms with Crippen molar-refractivity contribution in [1.29, 1.82) is 0 Å². The zero-order valence-corrected chi connectivity index (χ0v) is 56.8. The molecule has 1 fully saturated rings. The zero-order chi connectivity index (χ0) is 68.2. The van der Waals surface area contributed by atoms with Gasteiger partial charge in [-0.15, -0.1) is 0 Å². The number of carbonyl (C=O) groups excluding carboxylic acids is 10. The van der Waals surface area contributed by atoms with Gasteiger partial charge in [0.2, 0.25) is 23.6 Å². The Morgan fingerprint density at radius 3 is 1.95 bits per heavy atom. The average molecular weight is 1280 g/mol. The van der Waals surface area contributed by atoms with Gasteiger partial charge in [-0.3, -0.25) is 38.4 Å². The summed E-state index contributed by atoms with van der Waals surface area (Å²) in [6, 6.07) is 12.3. The maximum absolute atomic E-state index is 14.9. The highest BCUT2D eigenvalue weighted by Gasteiger charge is 2.44. The number of Topliss-reactive ketones (excluding diaryl/α,β-unsaturated/α-hetero) is 4. The molecular weight excluding hydrogens is 1160 g/mol. The topological polar surface area (TPSA) is 316 Å². The number of likely N-dealkylation sites (N-methyl/N-ethyl adjacent to an activating group) is 2. The molecule has 8 N–H and O–H groups in total. The highest BCUT2D eigenvalue weighted by Crippen LogP contribution is 2.33. The Morgan fingerprint density at radius 1 is 0.725 bits per heavy atom. The number of nitrogens with one attached hydrogen (secondary N) is 3. The zero-order valence-electron chi connectivity index (χ0n) is 56.8. The van der Waals surface area contributed by atoms with Crippen LogP contribution in [-0.2, 0) is 59.2 Å². The summed E-state index contributed by atoms with van der Waals surface area (Å²) in [4.78, 5) is 140. The Morgan fingerprint density at radius 2 is 1.37 bits per heavy atom. The molecule has 3 rings (SSSR count). The van der Waals surface area contributed by atoms with Crippen LogP contribution in [0.25, 0.3) is 0 Å². The summed E-state index contributed by atoms with van der Waals surface area (Å²) >= 11 is 0. The Balaban J connectivity index is 1.69. The van der Waals surface area contributed by atoms with Crippen LogP contribution < -0.4 is 27.4 Å². The van der Waals surface area contributed by atoms with Crippen molar-refractivity contribution in [3.8, 4) is 0 Å². The third kappa shape index (κ3) is 24.7. The number of hydrogen-bond acceptors (Lipinski definition) is 15. The number of unbranched alkanes of at least 4 members (excludes halogenated alkanes) is 2. The number of amides is 7. The summed E-state index contributed by atoms with van der Waals surface area (Å²) < 4.78 is 17.9. The van der Waals surface area contributed by atoms with Crippen LogP contribution in [0.3, 0.4) is 0 Å². The van der Waals surface area contributed by atoms with Gasteiger partial charge in [-0.1, -0.05) is 125 Å². The summed E-state index contributed by atoms with van der Waals surface area (Å²) in [5, 5.41) is 19.2. The molecule has 1 aliphatic heterocycles. The van der Waals surface area contributed by atoms with Crippen molar-refractivity contribution in [1.82, 2.24) is 25.3 Å². The number of aliphatic hydroxyl groups excluding tert-OH is 1. The van der Waals surface area contributed by atoms with Crippen molar-refractivity contribution in [2.45, 2.75) is 208 Å². The summed E-state index contributed by atoms with van der Waals surface area (Å²) in [5.41, 5.74) is 12.3. The maximum Gasteiger partial charge on any atom is 0.410 e. The molecule has 1 heterocycles. The second kappa shape index (κ2) is 39.7. The van der Waals surface area contributed by atoms with Crippen LogP contribution >= 0.6 is 0 Å². The molecule has 91 heavy (non-hydrogen) atoms. The summed E-state index contributed by atoms with van der Waals surface area (Å²) in [5.74, 6) is -5.64. The number of aliphatic hydroxyl groups is 1. The van der Waals surface area contributed by atoms with Gasteiger partial charge in [0.15, 0.2) is 11.6 Å². The molecule has 0 radical (unpaired) electrons. The minimum Gasteiger partial charge on any atom is -0.445 e. The molecule has 2 aromatic carbocycles. The first-order valence-corrected chi connectivity index (χ1v) is 32.8. The average Bonchev–Trinajstić information content (AvgIpc) is 1.85. The first-order chi connectivity index (χ1) is 43.0. The van der Waals surface area contributed by atoms with E-state index in [-0.39, 0.29) is 135 Å². The number of nitrogens with two attached hydrogens (primary N) is 2. The van der Waals surface area contributed by atoms with Gasteiger partial charge in [0.25, 0.3) is 0 Å². The number of primary amides is 1. The number of methoxy groups -OCH3 is 2. The SMILES string of the molecule is CC[C@H](C)[C@@H]([C@@H](CC(=O)N1CCC[C@H]1[C@H](OC)[C@@H](C)C(=O)C[C@H](C)[C@@H](O)c1ccccc1)OC)N(C)C(=O)[C@H](CC(=O)C(C(C)C)N(C)C(=O)OCc1ccc(NC(=O)[C@@H](CCCNC(N)=O)CC(=O)C(NC(=O)CCCCCC(=O)CN)C(C)C)cc1)C(C)C. The molecule has 0 bridgehead atoms. The van der Waals surface area contributed by atoms with E-state index in [0.29, 0.717) is 69.2 Å². The lowest BCUT2D eigenvalue weighted by Crippen LogP contribution is -2.54. The van der Waals surface area contributed by atoms with Crippen LogP contribution in [0, 0.1) is 47.3 Å².